The van der Waals surface area contributed by atoms with Gasteiger partial charge in [0.1, 0.15) is 0 Å². The minimum Gasteiger partial charge on any atom is -0.313 e. The van der Waals surface area contributed by atoms with Crippen molar-refractivity contribution >= 4 is 9.84 Å². The van der Waals surface area contributed by atoms with Gasteiger partial charge in [0.25, 0.3) is 0 Å². The average Bonchev–Trinajstić information content (AvgIpc) is 2.42. The Bertz CT molecular complexity index is 407. The SMILES string of the molecule is CCNC1CCCCCCC1S(=O)(=O)C1CCCC(C)C1. The molecule has 0 bridgehead atoms. The van der Waals surface area contributed by atoms with Gasteiger partial charge >= 0.3 is 0 Å². The van der Waals surface area contributed by atoms with E-state index in [0.717, 1.165) is 45.1 Å². The van der Waals surface area contributed by atoms with Crippen molar-refractivity contribution in [1.29, 1.82) is 0 Å². The highest BCUT2D eigenvalue weighted by Gasteiger charge is 2.40. The van der Waals surface area contributed by atoms with Gasteiger partial charge in [0, 0.05) is 6.04 Å². The Labute approximate surface area is 131 Å². The van der Waals surface area contributed by atoms with E-state index in [9.17, 15) is 8.42 Å². The number of nitrogens with one attached hydrogen (secondary N) is 1. The molecule has 2 rings (SSSR count). The van der Waals surface area contributed by atoms with Crippen LogP contribution in [0.2, 0.25) is 0 Å². The minimum atomic E-state index is -2.99. The number of rotatable bonds is 4. The van der Waals surface area contributed by atoms with E-state index in [-0.39, 0.29) is 16.5 Å². The Hall–Kier alpha value is -0.0900. The molecule has 0 spiro atoms. The summed E-state index contributed by atoms with van der Waals surface area (Å²) in [5.74, 6) is 0.574. The minimum absolute atomic E-state index is 0.0770. The summed E-state index contributed by atoms with van der Waals surface area (Å²) in [6, 6.07) is 0.178. The third kappa shape index (κ3) is 4.44. The molecule has 2 aliphatic carbocycles. The topological polar surface area (TPSA) is 46.2 Å². The van der Waals surface area contributed by atoms with Crippen LogP contribution in [0.4, 0.5) is 0 Å². The molecule has 124 valence electrons. The molecule has 0 amide bonds. The number of sulfone groups is 1. The Morgan fingerprint density at radius 3 is 2.33 bits per heavy atom. The molecule has 0 aromatic heterocycles. The lowest BCUT2D eigenvalue weighted by molar-refractivity contribution is 0.362. The van der Waals surface area contributed by atoms with Crippen LogP contribution in [-0.2, 0) is 9.84 Å². The molecule has 0 aromatic carbocycles. The van der Waals surface area contributed by atoms with Crippen LogP contribution in [0, 0.1) is 5.92 Å². The maximum absolute atomic E-state index is 13.2. The summed E-state index contributed by atoms with van der Waals surface area (Å²) in [6.07, 6.45) is 10.7. The van der Waals surface area contributed by atoms with E-state index in [1.807, 2.05) is 0 Å². The van der Waals surface area contributed by atoms with Crippen LogP contribution in [0.1, 0.15) is 78.1 Å². The number of hydrogen-bond donors (Lipinski definition) is 1. The van der Waals surface area contributed by atoms with Crippen molar-refractivity contribution < 1.29 is 8.42 Å². The highest BCUT2D eigenvalue weighted by molar-refractivity contribution is 7.92. The van der Waals surface area contributed by atoms with E-state index in [1.165, 1.54) is 25.7 Å². The predicted molar refractivity (Wildman–Crippen MR) is 89.3 cm³/mol. The monoisotopic (exact) mass is 315 g/mol. The van der Waals surface area contributed by atoms with Crippen molar-refractivity contribution in [3.8, 4) is 0 Å². The zero-order valence-electron chi connectivity index (χ0n) is 13.8. The van der Waals surface area contributed by atoms with Crippen LogP contribution in [-0.4, -0.2) is 31.5 Å². The zero-order chi connectivity index (χ0) is 15.3. The van der Waals surface area contributed by atoms with Gasteiger partial charge in [0.05, 0.1) is 10.5 Å². The lowest BCUT2D eigenvalue weighted by Crippen LogP contribution is -2.48. The normalized spacial score (nSPS) is 35.9. The average molecular weight is 316 g/mol. The molecule has 0 aliphatic heterocycles. The van der Waals surface area contributed by atoms with E-state index in [0.29, 0.717) is 5.92 Å². The van der Waals surface area contributed by atoms with Crippen LogP contribution in [0.5, 0.6) is 0 Å². The first-order valence-electron chi connectivity index (χ1n) is 9.01. The third-order valence-electron chi connectivity index (χ3n) is 5.44. The summed E-state index contributed by atoms with van der Waals surface area (Å²) in [6.45, 7) is 5.17. The maximum atomic E-state index is 13.2. The lowest BCUT2D eigenvalue weighted by Gasteiger charge is -2.35. The summed E-state index contributed by atoms with van der Waals surface area (Å²) in [4.78, 5) is 0. The van der Waals surface area contributed by atoms with Gasteiger partial charge in [-0.2, -0.15) is 0 Å². The highest BCUT2D eigenvalue weighted by atomic mass is 32.2. The predicted octanol–water partition coefficient (Wildman–Crippen LogP) is 3.68. The molecular weight excluding hydrogens is 282 g/mol. The van der Waals surface area contributed by atoms with Gasteiger partial charge in [-0.05, 0) is 38.1 Å². The highest BCUT2D eigenvalue weighted by Crippen LogP contribution is 2.34. The van der Waals surface area contributed by atoms with Gasteiger partial charge in [-0.25, -0.2) is 8.42 Å². The van der Waals surface area contributed by atoms with Gasteiger partial charge in [0.2, 0.25) is 0 Å². The van der Waals surface area contributed by atoms with Gasteiger partial charge in [-0.15, -0.1) is 0 Å². The van der Waals surface area contributed by atoms with Gasteiger partial charge in [-0.1, -0.05) is 52.4 Å². The fourth-order valence-corrected chi connectivity index (χ4v) is 7.04. The maximum Gasteiger partial charge on any atom is 0.157 e. The molecule has 4 atom stereocenters. The summed E-state index contributed by atoms with van der Waals surface area (Å²) in [5, 5.41) is 3.26. The van der Waals surface area contributed by atoms with Crippen molar-refractivity contribution in [2.75, 3.05) is 6.54 Å². The van der Waals surface area contributed by atoms with Gasteiger partial charge < -0.3 is 5.32 Å². The third-order valence-corrected chi connectivity index (χ3v) is 8.21. The Kier molecular flexibility index (Phi) is 6.54. The molecule has 0 radical (unpaired) electrons. The summed E-state index contributed by atoms with van der Waals surface area (Å²) >= 11 is 0. The molecule has 2 aliphatic rings. The van der Waals surface area contributed by atoms with E-state index < -0.39 is 9.84 Å². The standard InChI is InChI=1S/C17H33NO2S/c1-3-18-16-11-6-4-5-7-12-17(16)21(19,20)15-10-8-9-14(2)13-15/h14-18H,3-13H2,1-2H3. The van der Waals surface area contributed by atoms with Crippen LogP contribution in [0.15, 0.2) is 0 Å². The Balaban J connectivity index is 2.15. The van der Waals surface area contributed by atoms with Gasteiger partial charge in [0.15, 0.2) is 9.84 Å². The molecule has 0 saturated heterocycles. The second-order valence-corrected chi connectivity index (χ2v) is 9.63. The number of hydrogen-bond acceptors (Lipinski definition) is 3. The summed E-state index contributed by atoms with van der Waals surface area (Å²) in [5.41, 5.74) is 0. The second kappa shape index (κ2) is 7.96. The fraction of sp³-hybridized carbons (Fsp3) is 1.00. The second-order valence-electron chi connectivity index (χ2n) is 7.18. The Morgan fingerprint density at radius 1 is 0.952 bits per heavy atom. The van der Waals surface area contributed by atoms with E-state index in [4.69, 9.17) is 0 Å². The molecule has 3 nitrogen and oxygen atoms in total. The van der Waals surface area contributed by atoms with Gasteiger partial charge in [-0.3, -0.25) is 0 Å². The first-order valence-corrected chi connectivity index (χ1v) is 10.6. The van der Waals surface area contributed by atoms with Crippen LogP contribution < -0.4 is 5.32 Å². The van der Waals surface area contributed by atoms with E-state index in [2.05, 4.69) is 19.2 Å². The molecule has 2 fully saturated rings. The smallest absolute Gasteiger partial charge is 0.157 e. The summed E-state index contributed by atoms with van der Waals surface area (Å²) < 4.78 is 26.4. The van der Waals surface area contributed by atoms with Crippen LogP contribution >= 0.6 is 0 Å². The first-order chi connectivity index (χ1) is 10.1. The lowest BCUT2D eigenvalue weighted by atomic mass is 9.90. The van der Waals surface area contributed by atoms with E-state index >= 15 is 0 Å². The molecule has 0 aromatic rings. The van der Waals surface area contributed by atoms with Crippen LogP contribution in [0.25, 0.3) is 0 Å². The zero-order valence-corrected chi connectivity index (χ0v) is 14.6. The molecule has 1 N–H and O–H groups in total. The Morgan fingerprint density at radius 2 is 1.67 bits per heavy atom. The quantitative estimate of drug-likeness (QED) is 0.861. The fourth-order valence-electron chi connectivity index (χ4n) is 4.26. The largest absolute Gasteiger partial charge is 0.313 e. The van der Waals surface area contributed by atoms with Crippen LogP contribution in [0.3, 0.4) is 0 Å². The van der Waals surface area contributed by atoms with E-state index in [1.54, 1.807) is 0 Å². The first kappa shape index (κ1) is 17.3. The molecule has 2 saturated carbocycles. The molecule has 4 heteroatoms. The van der Waals surface area contributed by atoms with Crippen molar-refractivity contribution in [2.24, 2.45) is 5.92 Å². The molecule has 21 heavy (non-hydrogen) atoms. The van der Waals surface area contributed by atoms with Crippen molar-refractivity contribution in [2.45, 2.75) is 94.6 Å². The molecular formula is C17H33NO2S. The molecule has 4 unspecified atom stereocenters. The molecule has 0 heterocycles. The summed E-state index contributed by atoms with van der Waals surface area (Å²) in [7, 11) is -2.99. The van der Waals surface area contributed by atoms with Crippen molar-refractivity contribution in [1.82, 2.24) is 5.32 Å². The van der Waals surface area contributed by atoms with Crippen molar-refractivity contribution in [3.05, 3.63) is 0 Å². The van der Waals surface area contributed by atoms with Crippen molar-refractivity contribution in [3.63, 3.8) is 0 Å².